The monoisotopic (exact) mass is 281 g/mol. The van der Waals surface area contributed by atoms with Crippen molar-refractivity contribution in [1.29, 1.82) is 0 Å². The molecule has 0 saturated heterocycles. The Morgan fingerprint density at radius 1 is 1.37 bits per heavy atom. The summed E-state index contributed by atoms with van der Waals surface area (Å²) in [5, 5.41) is 0. The fourth-order valence-corrected chi connectivity index (χ4v) is 2.56. The van der Waals surface area contributed by atoms with Crippen molar-refractivity contribution < 1.29 is 4.79 Å². The molecule has 4 nitrogen and oxygen atoms in total. The van der Waals surface area contributed by atoms with Gasteiger partial charge in [0, 0.05) is 38.6 Å². The molecule has 0 radical (unpaired) electrons. The maximum absolute atomic E-state index is 12.2. The minimum atomic E-state index is -0.00167. The first kappa shape index (κ1) is 15.7. The summed E-state index contributed by atoms with van der Waals surface area (Å²) in [6.45, 7) is 2.14. The Morgan fingerprint density at radius 2 is 2.00 bits per heavy atom. The number of amides is 1. The van der Waals surface area contributed by atoms with Crippen LogP contribution in [0.1, 0.15) is 17.3 Å². The van der Waals surface area contributed by atoms with Crippen molar-refractivity contribution in [2.45, 2.75) is 13.0 Å². The Bertz CT molecular complexity index is 448. The summed E-state index contributed by atoms with van der Waals surface area (Å²) < 4.78 is 0. The number of nitrogens with two attached hydrogens (primary N) is 1. The van der Waals surface area contributed by atoms with Crippen molar-refractivity contribution in [3.63, 3.8) is 0 Å². The van der Waals surface area contributed by atoms with E-state index in [2.05, 4.69) is 18.1 Å². The van der Waals surface area contributed by atoms with Gasteiger partial charge >= 0.3 is 0 Å². The molecule has 19 heavy (non-hydrogen) atoms. The van der Waals surface area contributed by atoms with E-state index < -0.39 is 0 Å². The summed E-state index contributed by atoms with van der Waals surface area (Å²) in [6.07, 6.45) is 2.08. The zero-order chi connectivity index (χ0) is 14.6. The van der Waals surface area contributed by atoms with Gasteiger partial charge < -0.3 is 15.5 Å². The van der Waals surface area contributed by atoms with Crippen molar-refractivity contribution in [1.82, 2.24) is 4.90 Å². The van der Waals surface area contributed by atoms with Crippen LogP contribution in [-0.4, -0.2) is 50.0 Å². The minimum Gasteiger partial charge on any atom is -0.399 e. The molecule has 1 aromatic rings. The minimum absolute atomic E-state index is 0.00167. The highest BCUT2D eigenvalue weighted by molar-refractivity contribution is 7.98. The topological polar surface area (TPSA) is 49.6 Å². The summed E-state index contributed by atoms with van der Waals surface area (Å²) in [5.74, 6) is 0.999. The van der Waals surface area contributed by atoms with Crippen LogP contribution in [0.2, 0.25) is 0 Å². The summed E-state index contributed by atoms with van der Waals surface area (Å²) in [4.78, 5) is 15.9. The second kappa shape index (κ2) is 6.70. The molecule has 1 aromatic carbocycles. The van der Waals surface area contributed by atoms with E-state index in [9.17, 15) is 4.79 Å². The van der Waals surface area contributed by atoms with E-state index in [1.165, 1.54) is 0 Å². The number of carbonyl (C=O) groups is 1. The van der Waals surface area contributed by atoms with E-state index in [1.54, 1.807) is 42.9 Å². The van der Waals surface area contributed by atoms with Gasteiger partial charge in [0.15, 0.2) is 0 Å². The standard InChI is InChI=1S/C14H23N3OS/c1-10(9-19-5)17(4)13-8-11(15)6-7-12(13)14(18)16(2)3/h6-8,10H,9,15H2,1-5H3. The first-order chi connectivity index (χ1) is 8.88. The number of nitrogens with zero attached hydrogens (tertiary/aromatic N) is 2. The molecule has 0 aliphatic carbocycles. The molecular formula is C14H23N3OS. The van der Waals surface area contributed by atoms with Crippen molar-refractivity contribution in [2.24, 2.45) is 0 Å². The Kier molecular flexibility index (Phi) is 5.54. The largest absolute Gasteiger partial charge is 0.399 e. The van der Waals surface area contributed by atoms with E-state index in [4.69, 9.17) is 5.73 Å². The van der Waals surface area contributed by atoms with Crippen LogP contribution in [0.5, 0.6) is 0 Å². The van der Waals surface area contributed by atoms with Crippen LogP contribution in [0.25, 0.3) is 0 Å². The predicted molar refractivity (Wildman–Crippen MR) is 85.1 cm³/mol. The average Bonchev–Trinajstić information content (AvgIpc) is 2.37. The lowest BCUT2D eigenvalue weighted by molar-refractivity contribution is 0.0828. The van der Waals surface area contributed by atoms with Crippen LogP contribution in [0.15, 0.2) is 18.2 Å². The van der Waals surface area contributed by atoms with Gasteiger partial charge in [-0.1, -0.05) is 0 Å². The zero-order valence-electron chi connectivity index (χ0n) is 12.3. The summed E-state index contributed by atoms with van der Waals surface area (Å²) in [6, 6.07) is 5.78. The molecular weight excluding hydrogens is 258 g/mol. The highest BCUT2D eigenvalue weighted by atomic mass is 32.2. The van der Waals surface area contributed by atoms with Gasteiger partial charge in [-0.3, -0.25) is 4.79 Å². The number of thioether (sulfide) groups is 1. The second-order valence-electron chi connectivity index (χ2n) is 4.89. The maximum atomic E-state index is 12.2. The van der Waals surface area contributed by atoms with Crippen LogP contribution < -0.4 is 10.6 Å². The Morgan fingerprint density at radius 3 is 2.53 bits per heavy atom. The summed E-state index contributed by atoms with van der Waals surface area (Å²) in [5.41, 5.74) is 8.11. The molecule has 1 amide bonds. The molecule has 0 saturated carbocycles. The third kappa shape index (κ3) is 3.80. The van der Waals surface area contributed by atoms with Crippen molar-refractivity contribution in [2.75, 3.05) is 43.8 Å². The van der Waals surface area contributed by atoms with Crippen molar-refractivity contribution >= 4 is 29.0 Å². The molecule has 106 valence electrons. The number of nitrogen functional groups attached to an aromatic ring is 1. The third-order valence-corrected chi connectivity index (χ3v) is 3.92. The maximum Gasteiger partial charge on any atom is 0.255 e. The van der Waals surface area contributed by atoms with Crippen molar-refractivity contribution in [3.8, 4) is 0 Å². The quantitative estimate of drug-likeness (QED) is 0.840. The molecule has 0 fully saturated rings. The van der Waals surface area contributed by atoms with Gasteiger partial charge in [-0.2, -0.15) is 11.8 Å². The van der Waals surface area contributed by atoms with E-state index in [1.807, 2.05) is 13.1 Å². The van der Waals surface area contributed by atoms with E-state index in [0.717, 1.165) is 11.4 Å². The molecule has 1 unspecified atom stereocenters. The summed E-state index contributed by atoms with van der Waals surface area (Å²) >= 11 is 1.79. The first-order valence-corrected chi connectivity index (χ1v) is 7.60. The molecule has 5 heteroatoms. The van der Waals surface area contributed by atoms with Crippen LogP contribution in [-0.2, 0) is 0 Å². The number of rotatable bonds is 5. The number of anilines is 2. The predicted octanol–water partition coefficient (Wildman–Crippen LogP) is 2.16. The molecule has 0 aliphatic rings. The van der Waals surface area contributed by atoms with Crippen LogP contribution >= 0.6 is 11.8 Å². The lowest BCUT2D eigenvalue weighted by atomic mass is 10.1. The normalized spacial score (nSPS) is 12.1. The number of hydrogen-bond acceptors (Lipinski definition) is 4. The molecule has 1 rings (SSSR count). The molecule has 0 spiro atoms. The van der Waals surface area contributed by atoms with E-state index in [-0.39, 0.29) is 5.91 Å². The molecule has 0 aromatic heterocycles. The number of hydrogen-bond donors (Lipinski definition) is 1. The summed E-state index contributed by atoms with van der Waals surface area (Å²) in [7, 11) is 5.52. The van der Waals surface area contributed by atoms with Gasteiger partial charge in [-0.25, -0.2) is 0 Å². The van der Waals surface area contributed by atoms with Gasteiger partial charge in [-0.15, -0.1) is 0 Å². The third-order valence-electron chi connectivity index (χ3n) is 3.11. The van der Waals surface area contributed by atoms with Gasteiger partial charge in [0.05, 0.1) is 11.3 Å². The fraction of sp³-hybridized carbons (Fsp3) is 0.500. The lowest BCUT2D eigenvalue weighted by Crippen LogP contribution is -2.33. The number of carbonyl (C=O) groups excluding carboxylic acids is 1. The zero-order valence-corrected chi connectivity index (χ0v) is 13.1. The van der Waals surface area contributed by atoms with Gasteiger partial charge in [-0.05, 0) is 31.4 Å². The Balaban J connectivity index is 3.17. The van der Waals surface area contributed by atoms with Crippen LogP contribution in [0.3, 0.4) is 0 Å². The van der Waals surface area contributed by atoms with E-state index in [0.29, 0.717) is 17.3 Å². The molecule has 0 heterocycles. The highest BCUT2D eigenvalue weighted by Crippen LogP contribution is 2.26. The Labute approximate surface area is 119 Å². The van der Waals surface area contributed by atoms with Gasteiger partial charge in [0.2, 0.25) is 0 Å². The van der Waals surface area contributed by atoms with Gasteiger partial charge in [0.25, 0.3) is 5.91 Å². The second-order valence-corrected chi connectivity index (χ2v) is 5.80. The molecule has 1 atom stereocenters. The molecule has 0 bridgehead atoms. The van der Waals surface area contributed by atoms with Crippen LogP contribution in [0.4, 0.5) is 11.4 Å². The average molecular weight is 281 g/mol. The Hall–Kier alpha value is -1.36. The molecule has 0 aliphatic heterocycles. The van der Waals surface area contributed by atoms with Crippen molar-refractivity contribution in [3.05, 3.63) is 23.8 Å². The smallest absolute Gasteiger partial charge is 0.255 e. The fourth-order valence-electron chi connectivity index (χ4n) is 1.85. The first-order valence-electron chi connectivity index (χ1n) is 6.21. The highest BCUT2D eigenvalue weighted by Gasteiger charge is 2.19. The lowest BCUT2D eigenvalue weighted by Gasteiger charge is -2.29. The van der Waals surface area contributed by atoms with Crippen LogP contribution in [0, 0.1) is 0 Å². The SMILES string of the molecule is CSCC(C)N(C)c1cc(N)ccc1C(=O)N(C)C. The van der Waals surface area contributed by atoms with Gasteiger partial charge in [0.1, 0.15) is 0 Å². The number of benzene rings is 1. The van der Waals surface area contributed by atoms with E-state index >= 15 is 0 Å². The molecule has 2 N–H and O–H groups in total.